The number of carbonyl (C=O) groups excluding carboxylic acids is 1. The third-order valence-corrected chi connectivity index (χ3v) is 5.02. The number of halogens is 1. The number of aryl methyl sites for hydroxylation is 1. The highest BCUT2D eigenvalue weighted by Crippen LogP contribution is 2.34. The molecular formula is C23H23ClN2O. The van der Waals surface area contributed by atoms with Crippen molar-refractivity contribution in [1.29, 1.82) is 0 Å². The second-order valence-corrected chi connectivity index (χ2v) is 7.91. The van der Waals surface area contributed by atoms with Crippen LogP contribution in [0.3, 0.4) is 0 Å². The number of piperidine rings is 1. The van der Waals surface area contributed by atoms with E-state index in [1.54, 1.807) is 6.07 Å². The minimum atomic E-state index is -0.124. The minimum Gasteiger partial charge on any atom is -0.336 e. The zero-order chi connectivity index (χ0) is 19.4. The van der Waals surface area contributed by atoms with Crippen LogP contribution in [0.4, 0.5) is 0 Å². The van der Waals surface area contributed by atoms with Crippen LogP contribution >= 0.6 is 11.6 Å². The van der Waals surface area contributed by atoms with E-state index in [1.807, 2.05) is 54.3 Å². The molecule has 0 bridgehead atoms. The Kier molecular flexibility index (Phi) is 5.68. The topological polar surface area (TPSA) is 33.2 Å². The van der Waals surface area contributed by atoms with Crippen molar-refractivity contribution in [3.8, 4) is 11.8 Å². The molecule has 2 heterocycles. The minimum absolute atomic E-state index is 0.00385. The van der Waals surface area contributed by atoms with Gasteiger partial charge in [-0.05, 0) is 49.8 Å². The molecule has 0 N–H and O–H groups in total. The standard InChI is InChI=1S/C23H23ClN2O/c1-17-7-4-12-21(25-17)22(27)26-14-13-19(23(2,3)16-26)10-5-8-18-9-6-11-20(24)15-18/h4,6-7,9-12,15H,13-14,16H2,1-3H3/b19-10+. The van der Waals surface area contributed by atoms with Crippen LogP contribution in [0, 0.1) is 24.2 Å². The van der Waals surface area contributed by atoms with Crippen LogP contribution in [0.25, 0.3) is 0 Å². The van der Waals surface area contributed by atoms with E-state index in [1.165, 1.54) is 5.57 Å². The molecule has 1 saturated heterocycles. The summed E-state index contributed by atoms with van der Waals surface area (Å²) in [7, 11) is 0. The first-order chi connectivity index (χ1) is 12.8. The molecule has 0 saturated carbocycles. The Hall–Kier alpha value is -2.57. The molecule has 0 aliphatic carbocycles. The van der Waals surface area contributed by atoms with Gasteiger partial charge >= 0.3 is 0 Å². The molecule has 1 aliphatic heterocycles. The number of allylic oxidation sites excluding steroid dienone is 1. The summed E-state index contributed by atoms with van der Waals surface area (Å²) in [5.41, 5.74) is 3.40. The fourth-order valence-corrected chi connectivity index (χ4v) is 3.48. The molecule has 3 rings (SSSR count). The van der Waals surface area contributed by atoms with Gasteiger partial charge in [0.1, 0.15) is 5.69 Å². The Morgan fingerprint density at radius 3 is 2.74 bits per heavy atom. The summed E-state index contributed by atoms with van der Waals surface area (Å²) in [6, 6.07) is 13.1. The summed E-state index contributed by atoms with van der Waals surface area (Å²) >= 11 is 6.00. The Morgan fingerprint density at radius 1 is 1.26 bits per heavy atom. The highest BCUT2D eigenvalue weighted by atomic mass is 35.5. The van der Waals surface area contributed by atoms with Gasteiger partial charge in [0.15, 0.2) is 0 Å². The molecule has 138 valence electrons. The molecule has 2 aromatic rings. The van der Waals surface area contributed by atoms with E-state index in [2.05, 4.69) is 30.7 Å². The summed E-state index contributed by atoms with van der Waals surface area (Å²) in [6.07, 6.45) is 2.81. The molecule has 0 radical (unpaired) electrons. The highest BCUT2D eigenvalue weighted by molar-refractivity contribution is 6.30. The third-order valence-electron chi connectivity index (χ3n) is 4.79. The molecule has 0 atom stereocenters. The van der Waals surface area contributed by atoms with E-state index in [9.17, 15) is 4.79 Å². The molecule has 4 heteroatoms. The van der Waals surface area contributed by atoms with E-state index in [0.29, 0.717) is 23.8 Å². The molecule has 3 nitrogen and oxygen atoms in total. The summed E-state index contributed by atoms with van der Waals surface area (Å²) in [5.74, 6) is 6.28. The van der Waals surface area contributed by atoms with Crippen molar-refractivity contribution < 1.29 is 4.79 Å². The molecule has 27 heavy (non-hydrogen) atoms. The quantitative estimate of drug-likeness (QED) is 0.661. The summed E-state index contributed by atoms with van der Waals surface area (Å²) in [4.78, 5) is 19.0. The number of nitrogens with zero attached hydrogens (tertiary/aromatic N) is 2. The number of hydrogen-bond acceptors (Lipinski definition) is 2. The van der Waals surface area contributed by atoms with Gasteiger partial charge in [-0.2, -0.15) is 0 Å². The zero-order valence-corrected chi connectivity index (χ0v) is 16.7. The average molecular weight is 379 g/mol. The molecule has 1 aromatic carbocycles. The maximum atomic E-state index is 12.8. The molecular weight excluding hydrogens is 356 g/mol. The van der Waals surface area contributed by atoms with Gasteiger partial charge in [-0.25, -0.2) is 4.98 Å². The first-order valence-corrected chi connectivity index (χ1v) is 9.42. The van der Waals surface area contributed by atoms with Crippen LogP contribution in [0.2, 0.25) is 5.02 Å². The normalized spacial score (nSPS) is 17.3. The number of amides is 1. The van der Waals surface area contributed by atoms with Gasteiger partial charge < -0.3 is 4.90 Å². The van der Waals surface area contributed by atoms with Crippen LogP contribution in [-0.2, 0) is 0 Å². The van der Waals surface area contributed by atoms with Crippen LogP contribution in [0.5, 0.6) is 0 Å². The zero-order valence-electron chi connectivity index (χ0n) is 15.9. The highest BCUT2D eigenvalue weighted by Gasteiger charge is 2.33. The molecule has 1 amide bonds. The second kappa shape index (κ2) is 7.98. The number of benzene rings is 1. The van der Waals surface area contributed by atoms with Crippen molar-refractivity contribution in [1.82, 2.24) is 9.88 Å². The van der Waals surface area contributed by atoms with Gasteiger partial charge in [-0.15, -0.1) is 0 Å². The van der Waals surface area contributed by atoms with Gasteiger partial charge in [0.05, 0.1) is 0 Å². The van der Waals surface area contributed by atoms with Crippen molar-refractivity contribution in [3.63, 3.8) is 0 Å². The van der Waals surface area contributed by atoms with E-state index < -0.39 is 0 Å². The number of likely N-dealkylation sites (tertiary alicyclic amines) is 1. The lowest BCUT2D eigenvalue weighted by molar-refractivity contribution is 0.0657. The van der Waals surface area contributed by atoms with E-state index in [4.69, 9.17) is 11.6 Å². The van der Waals surface area contributed by atoms with Crippen LogP contribution in [0.1, 0.15) is 42.0 Å². The maximum Gasteiger partial charge on any atom is 0.272 e. The van der Waals surface area contributed by atoms with Gasteiger partial charge in [0, 0.05) is 34.8 Å². The van der Waals surface area contributed by atoms with Crippen LogP contribution in [0.15, 0.2) is 54.1 Å². The second-order valence-electron chi connectivity index (χ2n) is 7.47. The average Bonchev–Trinajstić information content (AvgIpc) is 2.62. The van der Waals surface area contributed by atoms with Crippen molar-refractivity contribution in [3.05, 3.63) is 76.1 Å². The Labute approximate surface area is 166 Å². The van der Waals surface area contributed by atoms with Crippen LogP contribution in [-0.4, -0.2) is 28.9 Å². The molecule has 0 spiro atoms. The third kappa shape index (κ3) is 4.78. The van der Waals surface area contributed by atoms with E-state index in [0.717, 1.165) is 17.7 Å². The van der Waals surface area contributed by atoms with E-state index in [-0.39, 0.29) is 11.3 Å². The van der Waals surface area contributed by atoms with Gasteiger partial charge in [-0.3, -0.25) is 4.79 Å². The smallest absolute Gasteiger partial charge is 0.272 e. The largest absolute Gasteiger partial charge is 0.336 e. The molecule has 0 unspecified atom stereocenters. The Bertz CT molecular complexity index is 950. The van der Waals surface area contributed by atoms with Gasteiger partial charge in [0.2, 0.25) is 0 Å². The fraction of sp³-hybridized carbons (Fsp3) is 0.304. The van der Waals surface area contributed by atoms with Crippen molar-refractivity contribution in [2.75, 3.05) is 13.1 Å². The lowest BCUT2D eigenvalue weighted by Crippen LogP contribution is -2.45. The number of aromatic nitrogens is 1. The summed E-state index contributed by atoms with van der Waals surface area (Å²) < 4.78 is 0. The molecule has 1 fully saturated rings. The lowest BCUT2D eigenvalue weighted by atomic mass is 9.78. The number of pyridine rings is 1. The molecule has 1 aromatic heterocycles. The van der Waals surface area contributed by atoms with Gasteiger partial charge in [-0.1, -0.05) is 55.0 Å². The predicted octanol–water partition coefficient (Wildman–Crippen LogP) is 4.89. The van der Waals surface area contributed by atoms with Gasteiger partial charge in [0.25, 0.3) is 5.91 Å². The fourth-order valence-electron chi connectivity index (χ4n) is 3.29. The SMILES string of the molecule is Cc1cccc(C(=O)N2CC/C(=C\C#Cc3cccc(Cl)c3)C(C)(C)C2)n1. The van der Waals surface area contributed by atoms with Crippen molar-refractivity contribution in [2.45, 2.75) is 27.2 Å². The van der Waals surface area contributed by atoms with E-state index >= 15 is 0 Å². The molecule has 1 aliphatic rings. The van der Waals surface area contributed by atoms with Crippen LogP contribution < -0.4 is 0 Å². The summed E-state index contributed by atoms with van der Waals surface area (Å²) in [6.45, 7) is 7.55. The predicted molar refractivity (Wildman–Crippen MR) is 110 cm³/mol. The Morgan fingerprint density at radius 2 is 2.04 bits per heavy atom. The maximum absolute atomic E-state index is 12.8. The first-order valence-electron chi connectivity index (χ1n) is 9.05. The van der Waals surface area contributed by atoms with Crippen molar-refractivity contribution >= 4 is 17.5 Å². The van der Waals surface area contributed by atoms with Crippen molar-refractivity contribution in [2.24, 2.45) is 5.41 Å². The Balaban J connectivity index is 1.73. The number of carbonyl (C=O) groups is 1. The lowest BCUT2D eigenvalue weighted by Gasteiger charge is -2.40. The number of hydrogen-bond donors (Lipinski definition) is 0. The summed E-state index contributed by atoms with van der Waals surface area (Å²) in [5, 5.41) is 0.686. The first kappa shape index (κ1) is 19.2. The monoisotopic (exact) mass is 378 g/mol. The number of rotatable bonds is 1.